The van der Waals surface area contributed by atoms with Crippen LogP contribution in [0.15, 0.2) is 23.1 Å². The molecule has 0 heterocycles. The molecule has 0 radical (unpaired) electrons. The molecule has 0 bridgehead atoms. The van der Waals surface area contributed by atoms with Crippen LogP contribution in [0.4, 0.5) is 0 Å². The van der Waals surface area contributed by atoms with Crippen LogP contribution in [-0.4, -0.2) is 37.2 Å². The van der Waals surface area contributed by atoms with Crippen molar-refractivity contribution in [1.82, 2.24) is 5.32 Å². The van der Waals surface area contributed by atoms with Gasteiger partial charge >= 0.3 is 5.97 Å². The van der Waals surface area contributed by atoms with Crippen LogP contribution < -0.4 is 5.32 Å². The van der Waals surface area contributed by atoms with E-state index in [4.69, 9.17) is 5.11 Å². The second kappa shape index (κ2) is 7.99. The third kappa shape index (κ3) is 5.29. The van der Waals surface area contributed by atoms with Gasteiger partial charge in [-0.3, -0.25) is 4.79 Å². The number of aliphatic carboxylic acids is 1. The third-order valence-electron chi connectivity index (χ3n) is 4.37. The van der Waals surface area contributed by atoms with Crippen LogP contribution in [0.5, 0.6) is 0 Å². The molecule has 7 heteroatoms. The minimum atomic E-state index is -3.56. The molecule has 1 amide bonds. The summed E-state index contributed by atoms with van der Waals surface area (Å²) in [7, 11) is -3.56. The highest BCUT2D eigenvalue weighted by molar-refractivity contribution is 7.91. The molecule has 0 aromatic heterocycles. The summed E-state index contributed by atoms with van der Waals surface area (Å²) < 4.78 is 24.9. The number of nitrogens with one attached hydrogen (secondary N) is 1. The molecule has 138 valence electrons. The lowest BCUT2D eigenvalue weighted by atomic mass is 10.0. The summed E-state index contributed by atoms with van der Waals surface area (Å²) in [5.41, 5.74) is 2.25. The zero-order valence-corrected chi connectivity index (χ0v) is 15.4. The van der Waals surface area contributed by atoms with Gasteiger partial charge in [0.05, 0.1) is 10.6 Å². The number of fused-ring (bicyclic) bond motifs is 1. The van der Waals surface area contributed by atoms with Gasteiger partial charge in [-0.1, -0.05) is 19.9 Å². The molecule has 2 N–H and O–H groups in total. The van der Waals surface area contributed by atoms with Gasteiger partial charge in [0.1, 0.15) is 6.04 Å². The van der Waals surface area contributed by atoms with Gasteiger partial charge in [0.2, 0.25) is 5.91 Å². The Hall–Kier alpha value is -1.89. The summed E-state index contributed by atoms with van der Waals surface area (Å²) >= 11 is 0. The topological polar surface area (TPSA) is 101 Å². The maximum absolute atomic E-state index is 12.4. The average molecular weight is 367 g/mol. The number of carboxylic acid groups (broad SMARTS) is 1. The maximum atomic E-state index is 12.4. The van der Waals surface area contributed by atoms with E-state index in [-0.39, 0.29) is 23.0 Å². The third-order valence-corrected chi connectivity index (χ3v) is 6.08. The lowest BCUT2D eigenvalue weighted by Crippen LogP contribution is -2.42. The standard InChI is InChI=1S/C18H25NO5S/c1-12(2)10-16(18(21)22)19-17(20)8-9-25(23,24)15-7-6-13-4-3-5-14(13)11-15/h6-7,11-12,16H,3-5,8-10H2,1-2H3,(H,19,20)(H,21,22)/t16-/m0/s1. The van der Waals surface area contributed by atoms with Crippen LogP contribution in [0.2, 0.25) is 0 Å². The smallest absolute Gasteiger partial charge is 0.326 e. The molecule has 0 saturated carbocycles. The number of carbonyl (C=O) groups is 2. The summed E-state index contributed by atoms with van der Waals surface area (Å²) in [6.45, 7) is 3.72. The largest absolute Gasteiger partial charge is 0.480 e. The minimum absolute atomic E-state index is 0.108. The molecule has 1 aliphatic rings. The molecule has 25 heavy (non-hydrogen) atoms. The van der Waals surface area contributed by atoms with Gasteiger partial charge in [0.25, 0.3) is 0 Å². The summed E-state index contributed by atoms with van der Waals surface area (Å²) in [5.74, 6) is -1.89. The zero-order chi connectivity index (χ0) is 18.6. The summed E-state index contributed by atoms with van der Waals surface area (Å²) in [5, 5.41) is 11.5. The fraction of sp³-hybridized carbons (Fsp3) is 0.556. The van der Waals surface area contributed by atoms with Crippen molar-refractivity contribution in [2.75, 3.05) is 5.75 Å². The van der Waals surface area contributed by atoms with Gasteiger partial charge in [0, 0.05) is 6.42 Å². The first-order valence-corrected chi connectivity index (χ1v) is 10.2. The maximum Gasteiger partial charge on any atom is 0.326 e. The zero-order valence-electron chi connectivity index (χ0n) is 14.6. The Labute approximate surface area is 148 Å². The Bertz CT molecular complexity index is 755. The molecule has 0 spiro atoms. The number of rotatable bonds is 8. The van der Waals surface area contributed by atoms with Crippen molar-refractivity contribution >= 4 is 21.7 Å². The SMILES string of the molecule is CC(C)C[C@H](NC(=O)CCS(=O)(=O)c1ccc2c(c1)CCC2)C(=O)O. The van der Waals surface area contributed by atoms with E-state index in [1.165, 1.54) is 5.56 Å². The second-order valence-corrected chi connectivity index (χ2v) is 9.05. The van der Waals surface area contributed by atoms with Crippen molar-refractivity contribution < 1.29 is 23.1 Å². The Morgan fingerprint density at radius 2 is 1.88 bits per heavy atom. The Morgan fingerprint density at radius 1 is 1.20 bits per heavy atom. The van der Waals surface area contributed by atoms with Gasteiger partial charge < -0.3 is 10.4 Å². The van der Waals surface area contributed by atoms with Crippen LogP contribution in [0.1, 0.15) is 44.2 Å². The molecule has 1 aromatic rings. The summed E-state index contributed by atoms with van der Waals surface area (Å²) in [4.78, 5) is 23.4. The first-order chi connectivity index (χ1) is 11.7. The van der Waals surface area contributed by atoms with Gasteiger partial charge in [-0.05, 0) is 54.9 Å². The first kappa shape index (κ1) is 19.4. The molecule has 1 aromatic carbocycles. The molecule has 6 nitrogen and oxygen atoms in total. The van der Waals surface area contributed by atoms with E-state index in [9.17, 15) is 18.0 Å². The monoisotopic (exact) mass is 367 g/mol. The predicted octanol–water partition coefficient (Wildman–Crippen LogP) is 1.95. The molecule has 0 fully saturated rings. The van der Waals surface area contributed by atoms with Crippen molar-refractivity contribution in [3.8, 4) is 0 Å². The predicted molar refractivity (Wildman–Crippen MR) is 94.2 cm³/mol. The molecule has 1 aliphatic carbocycles. The summed E-state index contributed by atoms with van der Waals surface area (Å²) in [6.07, 6.45) is 2.95. The fourth-order valence-corrected chi connectivity index (χ4v) is 4.33. The fourth-order valence-electron chi connectivity index (χ4n) is 3.05. The van der Waals surface area contributed by atoms with Crippen LogP contribution in [0.25, 0.3) is 0 Å². The van der Waals surface area contributed by atoms with Gasteiger partial charge in [-0.2, -0.15) is 0 Å². The number of amides is 1. The number of benzene rings is 1. The molecule has 0 aliphatic heterocycles. The highest BCUT2D eigenvalue weighted by Gasteiger charge is 2.23. The van der Waals surface area contributed by atoms with Crippen LogP contribution in [0.3, 0.4) is 0 Å². The van der Waals surface area contributed by atoms with Crippen molar-refractivity contribution in [3.63, 3.8) is 0 Å². The van der Waals surface area contributed by atoms with Crippen LogP contribution in [0, 0.1) is 5.92 Å². The summed E-state index contributed by atoms with van der Waals surface area (Å²) in [6, 6.07) is 4.15. The number of aryl methyl sites for hydroxylation is 2. The minimum Gasteiger partial charge on any atom is -0.480 e. The van der Waals surface area contributed by atoms with Crippen molar-refractivity contribution in [2.24, 2.45) is 5.92 Å². The molecule has 0 saturated heterocycles. The molecule has 2 rings (SSSR count). The van der Waals surface area contributed by atoms with E-state index in [0.717, 1.165) is 24.8 Å². The van der Waals surface area contributed by atoms with Crippen molar-refractivity contribution in [3.05, 3.63) is 29.3 Å². The number of hydrogen-bond acceptors (Lipinski definition) is 4. The van der Waals surface area contributed by atoms with Gasteiger partial charge in [-0.25, -0.2) is 13.2 Å². The molecule has 1 atom stereocenters. The quantitative estimate of drug-likeness (QED) is 0.731. The highest BCUT2D eigenvalue weighted by atomic mass is 32.2. The number of sulfone groups is 1. The van der Waals surface area contributed by atoms with Crippen LogP contribution in [-0.2, 0) is 32.3 Å². The number of hydrogen-bond donors (Lipinski definition) is 2. The van der Waals surface area contributed by atoms with E-state index in [0.29, 0.717) is 6.42 Å². The molecular weight excluding hydrogens is 342 g/mol. The molecule has 0 unspecified atom stereocenters. The van der Waals surface area contributed by atoms with Crippen molar-refractivity contribution in [2.45, 2.75) is 56.9 Å². The van der Waals surface area contributed by atoms with Gasteiger partial charge in [-0.15, -0.1) is 0 Å². The lowest BCUT2D eigenvalue weighted by molar-refractivity contribution is -0.142. The second-order valence-electron chi connectivity index (χ2n) is 6.94. The Kier molecular flexibility index (Phi) is 6.21. The van der Waals surface area contributed by atoms with E-state index >= 15 is 0 Å². The van der Waals surface area contributed by atoms with Gasteiger partial charge in [0.15, 0.2) is 9.84 Å². The Morgan fingerprint density at radius 3 is 2.52 bits per heavy atom. The normalized spacial score (nSPS) is 15.0. The number of carboxylic acids is 1. The van der Waals surface area contributed by atoms with E-state index < -0.39 is 27.8 Å². The Balaban J connectivity index is 1.97. The van der Waals surface area contributed by atoms with E-state index in [2.05, 4.69) is 5.32 Å². The van der Waals surface area contributed by atoms with Crippen LogP contribution >= 0.6 is 0 Å². The highest BCUT2D eigenvalue weighted by Crippen LogP contribution is 2.25. The molecular formula is C18H25NO5S. The lowest BCUT2D eigenvalue weighted by Gasteiger charge is -2.16. The number of carbonyl (C=O) groups excluding carboxylic acids is 1. The average Bonchev–Trinajstić information content (AvgIpc) is 2.99. The first-order valence-electron chi connectivity index (χ1n) is 8.56. The van der Waals surface area contributed by atoms with E-state index in [1.807, 2.05) is 19.9 Å². The van der Waals surface area contributed by atoms with E-state index in [1.54, 1.807) is 12.1 Å². The van der Waals surface area contributed by atoms with Crippen molar-refractivity contribution in [1.29, 1.82) is 0 Å².